The van der Waals surface area contributed by atoms with E-state index in [2.05, 4.69) is 85.5 Å². The summed E-state index contributed by atoms with van der Waals surface area (Å²) in [6.07, 6.45) is 13.6. The maximum atomic E-state index is 12.5. The molecule has 3 aliphatic rings. The van der Waals surface area contributed by atoms with Gasteiger partial charge >= 0.3 is 0 Å². The Morgan fingerprint density at radius 3 is 2.33 bits per heavy atom. The molecule has 0 aliphatic carbocycles. The van der Waals surface area contributed by atoms with Crippen molar-refractivity contribution in [3.05, 3.63) is 66.0 Å². The zero-order valence-electron chi connectivity index (χ0n) is 36.3. The first-order chi connectivity index (χ1) is 29.2. The van der Waals surface area contributed by atoms with Crippen LogP contribution in [0.5, 0.6) is 0 Å². The highest BCUT2D eigenvalue weighted by atomic mass is 16.2. The van der Waals surface area contributed by atoms with Crippen LogP contribution in [0.4, 0.5) is 17.3 Å². The van der Waals surface area contributed by atoms with Crippen molar-refractivity contribution in [1.29, 1.82) is 0 Å². The van der Waals surface area contributed by atoms with Gasteiger partial charge < -0.3 is 29.9 Å². The van der Waals surface area contributed by atoms with Crippen LogP contribution in [0.25, 0.3) is 22.2 Å². The second-order valence-corrected chi connectivity index (χ2v) is 17.4. The number of aromatic nitrogens is 3. The lowest BCUT2D eigenvalue weighted by Gasteiger charge is -2.39. The number of piperazine rings is 1. The predicted octanol–water partition coefficient (Wildman–Crippen LogP) is 6.16. The second-order valence-electron chi connectivity index (χ2n) is 17.4. The number of carbonyl (C=O) groups is 3. The molecular formula is C47H66N10O3. The minimum Gasteiger partial charge on any atom is -0.361 e. The minimum atomic E-state index is -0.446. The summed E-state index contributed by atoms with van der Waals surface area (Å²) >= 11 is 0. The van der Waals surface area contributed by atoms with Gasteiger partial charge in [-0.3, -0.25) is 24.6 Å². The summed E-state index contributed by atoms with van der Waals surface area (Å²) in [5.74, 6) is 1.57. The Labute approximate surface area is 356 Å². The summed E-state index contributed by atoms with van der Waals surface area (Å²) in [6, 6.07) is 14.7. The molecule has 5 heterocycles. The fourth-order valence-electron chi connectivity index (χ4n) is 9.23. The number of nitrogens with one attached hydrogen (secondary N) is 3. The molecule has 60 heavy (non-hydrogen) atoms. The molecule has 2 aromatic heterocycles. The number of hydrogen-bond acceptors (Lipinski definition) is 10. The third-order valence-corrected chi connectivity index (χ3v) is 13.3. The number of carbonyl (C=O) groups excluding carboxylic acids is 3. The lowest BCUT2D eigenvalue weighted by molar-refractivity contribution is -0.134. The molecule has 322 valence electrons. The van der Waals surface area contributed by atoms with Crippen LogP contribution in [0.2, 0.25) is 0 Å². The third kappa shape index (κ3) is 10.9. The molecule has 2 aromatic carbocycles. The first-order valence-corrected chi connectivity index (χ1v) is 22.4. The maximum Gasteiger partial charge on any atom is 0.249 e. The topological polar surface area (TPSA) is 133 Å². The van der Waals surface area contributed by atoms with Crippen LogP contribution in [-0.4, -0.2) is 127 Å². The summed E-state index contributed by atoms with van der Waals surface area (Å²) in [5.41, 5.74) is 7.31. The Kier molecular flexibility index (Phi) is 14.9. The first-order valence-electron chi connectivity index (χ1n) is 22.4. The van der Waals surface area contributed by atoms with E-state index in [9.17, 15) is 14.4 Å². The van der Waals surface area contributed by atoms with Crippen LogP contribution in [-0.2, 0) is 27.3 Å². The molecule has 0 radical (unpaired) electrons. The van der Waals surface area contributed by atoms with Crippen LogP contribution < -0.4 is 20.4 Å². The molecule has 0 bridgehead atoms. The molecule has 3 amide bonds. The number of amides is 3. The highest BCUT2D eigenvalue weighted by molar-refractivity contribution is 6.02. The predicted molar refractivity (Wildman–Crippen MR) is 241 cm³/mol. The lowest BCUT2D eigenvalue weighted by atomic mass is 9.95. The van der Waals surface area contributed by atoms with E-state index in [0.29, 0.717) is 24.7 Å². The third-order valence-electron chi connectivity index (χ3n) is 13.3. The fourth-order valence-corrected chi connectivity index (χ4v) is 9.23. The van der Waals surface area contributed by atoms with E-state index in [1.54, 1.807) is 11.9 Å². The van der Waals surface area contributed by atoms with Crippen molar-refractivity contribution in [2.45, 2.75) is 84.2 Å². The monoisotopic (exact) mass is 819 g/mol. The molecule has 3 saturated heterocycles. The summed E-state index contributed by atoms with van der Waals surface area (Å²) in [6.45, 7) is 15.5. The lowest BCUT2D eigenvalue weighted by Crippen LogP contribution is -2.51. The van der Waals surface area contributed by atoms with Crippen molar-refractivity contribution in [2.75, 3.05) is 88.1 Å². The largest absolute Gasteiger partial charge is 0.361 e. The van der Waals surface area contributed by atoms with Crippen molar-refractivity contribution in [1.82, 2.24) is 35.0 Å². The molecule has 4 aromatic rings. The number of aryl methyl sites for hydroxylation is 1. The van der Waals surface area contributed by atoms with Gasteiger partial charge in [0, 0.05) is 89.7 Å². The number of likely N-dealkylation sites (tertiary alicyclic amines) is 1. The number of nitrogens with zero attached hydrogens (tertiary/aromatic N) is 7. The van der Waals surface area contributed by atoms with Gasteiger partial charge in [-0.2, -0.15) is 4.98 Å². The summed E-state index contributed by atoms with van der Waals surface area (Å²) in [4.78, 5) is 60.1. The van der Waals surface area contributed by atoms with Gasteiger partial charge in [0.05, 0.1) is 11.4 Å². The van der Waals surface area contributed by atoms with Gasteiger partial charge in [0.15, 0.2) is 0 Å². The molecule has 0 saturated carbocycles. The molecule has 3 fully saturated rings. The van der Waals surface area contributed by atoms with E-state index in [4.69, 9.17) is 4.98 Å². The van der Waals surface area contributed by atoms with Gasteiger partial charge in [0.2, 0.25) is 24.2 Å². The summed E-state index contributed by atoms with van der Waals surface area (Å²) < 4.78 is 0. The summed E-state index contributed by atoms with van der Waals surface area (Å²) in [7, 11) is 3.60. The normalized spacial score (nSPS) is 18.6. The zero-order valence-corrected chi connectivity index (χ0v) is 36.3. The smallest absolute Gasteiger partial charge is 0.249 e. The molecule has 1 unspecified atom stereocenters. The number of unbranched alkanes of at least 4 members (excludes halogenated alkanes) is 1. The fraction of sp³-hybridized carbons (Fsp3) is 0.553. The van der Waals surface area contributed by atoms with Crippen LogP contribution >= 0.6 is 0 Å². The molecule has 7 rings (SSSR count). The Bertz CT molecular complexity index is 2030. The molecule has 0 spiro atoms. The number of hydrogen-bond donors (Lipinski definition) is 3. The number of rotatable bonds is 19. The SMILES string of the molecule is CCC(CC)CNc1ncc2c(-c3ccc(CN4CCN(CC5CCN(CCCCc6ccc(N(C)C7CCC(=O)NC7=O)c(N(C)C=O)c6)CC5)CC4)cc3)c[nH]c2n1. The van der Waals surface area contributed by atoms with Gasteiger partial charge in [0.1, 0.15) is 11.7 Å². The van der Waals surface area contributed by atoms with E-state index >= 15 is 0 Å². The highest BCUT2D eigenvalue weighted by Gasteiger charge is 2.31. The molecule has 3 aliphatic heterocycles. The Hall–Kier alpha value is -4.85. The number of aromatic amines is 1. The van der Waals surface area contributed by atoms with Crippen molar-refractivity contribution in [2.24, 2.45) is 11.8 Å². The van der Waals surface area contributed by atoms with Crippen LogP contribution in [0.3, 0.4) is 0 Å². The number of imide groups is 1. The van der Waals surface area contributed by atoms with Crippen molar-refractivity contribution in [3.8, 4) is 11.1 Å². The van der Waals surface area contributed by atoms with Gasteiger partial charge in [-0.05, 0) is 98.8 Å². The maximum absolute atomic E-state index is 12.5. The molecule has 1 atom stereocenters. The Morgan fingerprint density at radius 1 is 0.883 bits per heavy atom. The number of piperidine rings is 2. The standard InChI is InChI=1S/C47H66N10O3/c1-5-34(6-2)28-49-47-50-30-40-39(29-48-45(40)52-47)38-13-10-36(11-14-38)31-56-23-25-57(26-24-56)32-37-18-21-55(22-19-37)20-8-7-9-35-12-15-41(43(27-35)53(3)33-58)54(4)42-16-17-44(59)51-46(42)60/h10-15,27,29-30,33-34,37,42H,5-9,16-26,28,31-32H2,1-4H3,(H,51,59,60)(H2,48,49,50,52). The highest BCUT2D eigenvalue weighted by Crippen LogP contribution is 2.33. The molecule has 3 N–H and O–H groups in total. The van der Waals surface area contributed by atoms with E-state index in [-0.39, 0.29) is 11.8 Å². The zero-order chi connectivity index (χ0) is 42.0. The van der Waals surface area contributed by atoms with E-state index < -0.39 is 6.04 Å². The number of fused-ring (bicyclic) bond motifs is 1. The van der Waals surface area contributed by atoms with E-state index in [1.807, 2.05) is 30.4 Å². The molecule has 13 nitrogen and oxygen atoms in total. The van der Waals surface area contributed by atoms with Gasteiger partial charge in [0.25, 0.3) is 0 Å². The summed E-state index contributed by atoms with van der Waals surface area (Å²) in [5, 5.41) is 6.91. The van der Waals surface area contributed by atoms with Crippen molar-refractivity contribution in [3.63, 3.8) is 0 Å². The number of benzene rings is 2. The number of H-pyrrole nitrogens is 1. The van der Waals surface area contributed by atoms with Crippen molar-refractivity contribution < 1.29 is 14.4 Å². The van der Waals surface area contributed by atoms with Gasteiger partial charge in [-0.25, -0.2) is 4.98 Å². The van der Waals surface area contributed by atoms with Crippen LogP contribution in [0, 0.1) is 11.8 Å². The minimum absolute atomic E-state index is 0.233. The second kappa shape index (κ2) is 20.6. The Balaban J connectivity index is 0.792. The average molecular weight is 819 g/mol. The van der Waals surface area contributed by atoms with E-state index in [0.717, 1.165) is 118 Å². The molecular weight excluding hydrogens is 753 g/mol. The first kappa shape index (κ1) is 43.2. The average Bonchev–Trinajstić information content (AvgIpc) is 3.70. The number of likely N-dealkylation sites (N-methyl/N-ethyl adjacent to an activating group) is 1. The Morgan fingerprint density at radius 2 is 1.62 bits per heavy atom. The van der Waals surface area contributed by atoms with Gasteiger partial charge in [-0.15, -0.1) is 0 Å². The van der Waals surface area contributed by atoms with Crippen LogP contribution in [0.1, 0.15) is 76.3 Å². The van der Waals surface area contributed by atoms with Gasteiger partial charge in [-0.1, -0.05) is 57.0 Å². The number of anilines is 3. The quantitative estimate of drug-likeness (QED) is 0.0575. The van der Waals surface area contributed by atoms with E-state index in [1.165, 1.54) is 49.2 Å². The van der Waals surface area contributed by atoms with Crippen LogP contribution in [0.15, 0.2) is 54.9 Å². The molecule has 13 heteroatoms. The van der Waals surface area contributed by atoms with Crippen molar-refractivity contribution >= 4 is 46.6 Å².